The van der Waals surface area contributed by atoms with E-state index < -0.39 is 16.6 Å². The van der Waals surface area contributed by atoms with Crippen molar-refractivity contribution in [3.63, 3.8) is 0 Å². The van der Waals surface area contributed by atoms with Crippen molar-refractivity contribution in [3.8, 4) is 0 Å². The van der Waals surface area contributed by atoms with Gasteiger partial charge in [0.15, 0.2) is 5.69 Å². The third-order valence-corrected chi connectivity index (χ3v) is 5.47. The highest BCUT2D eigenvalue weighted by Crippen LogP contribution is 2.27. The lowest BCUT2D eigenvalue weighted by Gasteiger charge is -2.15. The van der Waals surface area contributed by atoms with Crippen molar-refractivity contribution in [1.82, 2.24) is 9.97 Å². The van der Waals surface area contributed by atoms with Gasteiger partial charge in [-0.15, -0.1) is 0 Å². The maximum Gasteiger partial charge on any atom is 0.276 e. The topological polar surface area (TPSA) is 134 Å². The summed E-state index contributed by atoms with van der Waals surface area (Å²) in [6, 6.07) is 17.3. The van der Waals surface area contributed by atoms with Crippen LogP contribution in [0, 0.1) is 10.1 Å². The molecule has 166 valence electrons. The van der Waals surface area contributed by atoms with Gasteiger partial charge in [0.25, 0.3) is 11.2 Å². The van der Waals surface area contributed by atoms with Crippen LogP contribution in [0.3, 0.4) is 0 Å². The Labute approximate surface area is 196 Å². The van der Waals surface area contributed by atoms with Crippen LogP contribution in [-0.2, 0) is 0 Å². The highest BCUT2D eigenvalue weighted by Gasteiger charge is 2.23. The number of nitrogens with one attached hydrogen (secondary N) is 2. The van der Waals surface area contributed by atoms with E-state index in [1.54, 1.807) is 30.3 Å². The van der Waals surface area contributed by atoms with Gasteiger partial charge >= 0.3 is 0 Å². The average Bonchev–Trinajstić information content (AvgIpc) is 2.81. The number of non-ortho nitro benzene ring substituents is 1. The number of fused-ring (bicyclic) bond motifs is 1. The molecule has 0 saturated heterocycles. The minimum absolute atomic E-state index is 0.0845. The van der Waals surface area contributed by atoms with E-state index in [0.717, 1.165) is 0 Å². The lowest BCUT2D eigenvalue weighted by atomic mass is 10.0. The number of rotatable bonds is 6. The number of halogens is 2. The number of nitro benzene ring substituents is 1. The standard InChI is InChI=1S/C22H15Cl2N5O4/c23-15-8-6-12(10-16(15)24)21(30)19(28-27-13-4-2-1-3-5-13)20-22(31)26-18-11-14(29(32)33)7-9-17(18)25-20/h1-11,21,27,30H,(H,26,31)/b28-19-. The molecule has 3 aromatic carbocycles. The maximum atomic E-state index is 12.9. The first kappa shape index (κ1) is 22.4. The van der Waals surface area contributed by atoms with Gasteiger partial charge in [-0.25, -0.2) is 4.98 Å². The molecule has 4 rings (SSSR count). The number of aromatic amines is 1. The van der Waals surface area contributed by atoms with Crippen LogP contribution in [0.5, 0.6) is 0 Å². The third-order valence-electron chi connectivity index (χ3n) is 4.73. The van der Waals surface area contributed by atoms with Crippen molar-refractivity contribution in [2.75, 3.05) is 5.43 Å². The fourth-order valence-electron chi connectivity index (χ4n) is 3.08. The minimum atomic E-state index is -1.39. The molecule has 0 aliphatic carbocycles. The predicted molar refractivity (Wildman–Crippen MR) is 127 cm³/mol. The molecule has 1 heterocycles. The molecule has 0 aliphatic heterocycles. The smallest absolute Gasteiger partial charge is 0.276 e. The third kappa shape index (κ3) is 4.85. The molecule has 4 aromatic rings. The number of hydrazone groups is 1. The van der Waals surface area contributed by atoms with E-state index in [1.807, 2.05) is 6.07 Å². The van der Waals surface area contributed by atoms with Gasteiger partial charge in [0, 0.05) is 12.1 Å². The Hall–Kier alpha value is -3.79. The van der Waals surface area contributed by atoms with Gasteiger partial charge in [0.1, 0.15) is 11.8 Å². The Morgan fingerprint density at radius 2 is 1.85 bits per heavy atom. The van der Waals surface area contributed by atoms with E-state index in [2.05, 4.69) is 20.5 Å². The molecule has 0 aliphatic rings. The summed E-state index contributed by atoms with van der Waals surface area (Å²) in [5.74, 6) is 0. The van der Waals surface area contributed by atoms with E-state index in [-0.39, 0.29) is 33.1 Å². The molecule has 33 heavy (non-hydrogen) atoms. The van der Waals surface area contributed by atoms with Gasteiger partial charge in [0.05, 0.1) is 31.7 Å². The van der Waals surface area contributed by atoms with Crippen molar-refractivity contribution in [1.29, 1.82) is 0 Å². The van der Waals surface area contributed by atoms with Gasteiger partial charge in [0.2, 0.25) is 0 Å². The summed E-state index contributed by atoms with van der Waals surface area (Å²) < 4.78 is 0. The Kier molecular flexibility index (Phi) is 6.36. The molecule has 3 N–H and O–H groups in total. The fraction of sp³-hybridized carbons (Fsp3) is 0.0455. The average molecular weight is 484 g/mol. The van der Waals surface area contributed by atoms with Crippen LogP contribution in [0.15, 0.2) is 76.6 Å². The van der Waals surface area contributed by atoms with Crippen LogP contribution in [0.25, 0.3) is 11.0 Å². The molecule has 1 aromatic heterocycles. The minimum Gasteiger partial charge on any atom is -0.382 e. The van der Waals surface area contributed by atoms with Crippen molar-refractivity contribution >= 4 is 51.3 Å². The summed E-state index contributed by atoms with van der Waals surface area (Å²) >= 11 is 12.1. The highest BCUT2D eigenvalue weighted by molar-refractivity contribution is 6.42. The van der Waals surface area contributed by atoms with Gasteiger partial charge in [-0.05, 0) is 35.9 Å². The first-order valence-corrected chi connectivity index (χ1v) is 10.3. The van der Waals surface area contributed by atoms with Crippen LogP contribution in [0.4, 0.5) is 11.4 Å². The van der Waals surface area contributed by atoms with Gasteiger partial charge in [-0.1, -0.05) is 47.5 Å². The molecular formula is C22H15Cl2N5O4. The summed E-state index contributed by atoms with van der Waals surface area (Å²) in [5.41, 5.74) is 3.09. The van der Waals surface area contributed by atoms with E-state index in [4.69, 9.17) is 23.2 Å². The molecule has 1 unspecified atom stereocenters. The number of aromatic nitrogens is 2. The Bertz CT molecular complexity index is 1440. The van der Waals surface area contributed by atoms with E-state index in [9.17, 15) is 20.0 Å². The van der Waals surface area contributed by atoms with Crippen LogP contribution in [0.2, 0.25) is 10.0 Å². The SMILES string of the molecule is O=c1[nH]c2cc([N+](=O)[O-])ccc2nc1/C(=N/Nc1ccccc1)C(O)c1ccc(Cl)c(Cl)c1. The lowest BCUT2D eigenvalue weighted by Crippen LogP contribution is -2.26. The number of para-hydroxylation sites is 1. The number of aliphatic hydroxyl groups is 1. The van der Waals surface area contributed by atoms with Crippen molar-refractivity contribution in [2.45, 2.75) is 6.10 Å². The number of hydrogen-bond donors (Lipinski definition) is 3. The number of anilines is 1. The first-order chi connectivity index (χ1) is 15.8. The fourth-order valence-corrected chi connectivity index (χ4v) is 3.39. The molecule has 9 nitrogen and oxygen atoms in total. The van der Waals surface area contributed by atoms with Gasteiger partial charge in [-0.2, -0.15) is 5.10 Å². The van der Waals surface area contributed by atoms with Crippen LogP contribution in [0.1, 0.15) is 17.4 Å². The lowest BCUT2D eigenvalue weighted by molar-refractivity contribution is -0.384. The molecule has 0 radical (unpaired) electrons. The van der Waals surface area contributed by atoms with Crippen molar-refractivity contribution < 1.29 is 10.0 Å². The summed E-state index contributed by atoms with van der Waals surface area (Å²) in [4.78, 5) is 30.2. The molecule has 1 atom stereocenters. The number of nitro groups is 1. The van der Waals surface area contributed by atoms with E-state index in [1.165, 1.54) is 30.3 Å². The molecule has 11 heteroatoms. The normalized spacial score (nSPS) is 12.5. The molecular weight excluding hydrogens is 469 g/mol. The largest absolute Gasteiger partial charge is 0.382 e. The van der Waals surface area contributed by atoms with Crippen molar-refractivity contribution in [3.05, 3.63) is 109 Å². The quantitative estimate of drug-likeness (QED) is 0.207. The van der Waals surface area contributed by atoms with E-state index >= 15 is 0 Å². The highest BCUT2D eigenvalue weighted by atomic mass is 35.5. The van der Waals surface area contributed by atoms with Gasteiger partial charge < -0.3 is 10.1 Å². The molecule has 0 saturated carbocycles. The molecule has 0 fully saturated rings. The zero-order valence-corrected chi connectivity index (χ0v) is 18.2. The first-order valence-electron chi connectivity index (χ1n) is 9.54. The number of hydrogen-bond acceptors (Lipinski definition) is 7. The summed E-state index contributed by atoms with van der Waals surface area (Å²) in [7, 11) is 0. The zero-order valence-electron chi connectivity index (χ0n) is 16.7. The van der Waals surface area contributed by atoms with Crippen LogP contribution < -0.4 is 11.0 Å². The predicted octanol–water partition coefficient (Wildman–Crippen LogP) is 4.69. The number of nitrogens with zero attached hydrogens (tertiary/aromatic N) is 3. The van der Waals surface area contributed by atoms with E-state index in [0.29, 0.717) is 16.3 Å². The van der Waals surface area contributed by atoms with Gasteiger partial charge in [-0.3, -0.25) is 20.3 Å². The zero-order chi connectivity index (χ0) is 23.5. The summed E-state index contributed by atoms with van der Waals surface area (Å²) in [6.45, 7) is 0. The molecule has 0 spiro atoms. The Morgan fingerprint density at radius 3 is 2.55 bits per heavy atom. The van der Waals surface area contributed by atoms with Crippen LogP contribution in [-0.4, -0.2) is 25.7 Å². The Morgan fingerprint density at radius 1 is 1.09 bits per heavy atom. The second-order valence-corrected chi connectivity index (χ2v) is 7.74. The summed E-state index contributed by atoms with van der Waals surface area (Å²) in [5, 5.41) is 26.9. The second-order valence-electron chi connectivity index (χ2n) is 6.92. The second kappa shape index (κ2) is 9.37. The molecule has 0 amide bonds. The number of benzene rings is 3. The monoisotopic (exact) mass is 483 g/mol. The molecule has 0 bridgehead atoms. The number of aliphatic hydroxyl groups excluding tert-OH is 1. The number of H-pyrrole nitrogens is 1. The van der Waals surface area contributed by atoms with Crippen molar-refractivity contribution in [2.24, 2.45) is 5.10 Å². The Balaban J connectivity index is 1.84. The maximum absolute atomic E-state index is 12.9. The van der Waals surface area contributed by atoms with Crippen LogP contribution >= 0.6 is 23.2 Å². The summed E-state index contributed by atoms with van der Waals surface area (Å²) in [6.07, 6.45) is -1.39.